The van der Waals surface area contributed by atoms with Crippen LogP contribution in [0.1, 0.15) is 25.3 Å². The molecule has 3 rings (SSSR count). The minimum Gasteiger partial charge on any atom is -0.497 e. The van der Waals surface area contributed by atoms with Crippen LogP contribution >= 0.6 is 0 Å². The number of hydrogen-bond donors (Lipinski definition) is 1. The third-order valence-corrected chi connectivity index (χ3v) is 4.75. The lowest BCUT2D eigenvalue weighted by Crippen LogP contribution is -2.49. The van der Waals surface area contributed by atoms with Crippen LogP contribution in [0.4, 0.5) is 0 Å². The number of benzene rings is 1. The Hall–Kier alpha value is -2.34. The first-order chi connectivity index (χ1) is 11.5. The highest BCUT2D eigenvalue weighted by molar-refractivity contribution is 5.76. The van der Waals surface area contributed by atoms with Crippen LogP contribution in [0.25, 0.3) is 0 Å². The molecule has 1 N–H and O–H groups in total. The highest BCUT2D eigenvalue weighted by Gasteiger charge is 2.42. The van der Waals surface area contributed by atoms with Crippen LogP contribution in [0.2, 0.25) is 0 Å². The van der Waals surface area contributed by atoms with Gasteiger partial charge in [0.25, 0.3) is 0 Å². The van der Waals surface area contributed by atoms with Gasteiger partial charge in [-0.2, -0.15) is 5.10 Å². The van der Waals surface area contributed by atoms with Crippen LogP contribution in [0.5, 0.6) is 5.75 Å². The first kappa shape index (κ1) is 16.5. The average Bonchev–Trinajstić information content (AvgIpc) is 3.26. The summed E-state index contributed by atoms with van der Waals surface area (Å²) in [5, 5.41) is 15.2. The fourth-order valence-electron chi connectivity index (χ4n) is 3.39. The molecular weight excluding hydrogens is 306 g/mol. The lowest BCUT2D eigenvalue weighted by Gasteiger charge is -2.37. The lowest BCUT2D eigenvalue weighted by molar-refractivity contribution is -0.138. The average molecular weight is 329 g/mol. The molecule has 1 amide bonds. The monoisotopic (exact) mass is 329 g/mol. The summed E-state index contributed by atoms with van der Waals surface area (Å²) in [5.41, 5.74) is -0.324. The van der Waals surface area contributed by atoms with Crippen molar-refractivity contribution in [1.29, 1.82) is 0 Å². The van der Waals surface area contributed by atoms with E-state index in [0.717, 1.165) is 24.2 Å². The molecule has 24 heavy (non-hydrogen) atoms. The van der Waals surface area contributed by atoms with Crippen molar-refractivity contribution in [3.05, 3.63) is 48.3 Å². The molecule has 0 aliphatic carbocycles. The predicted octanol–water partition coefficient (Wildman–Crippen LogP) is 1.79. The molecule has 128 valence electrons. The summed E-state index contributed by atoms with van der Waals surface area (Å²) in [7, 11) is 1.61. The van der Waals surface area contributed by atoms with E-state index in [0.29, 0.717) is 6.54 Å². The summed E-state index contributed by atoms with van der Waals surface area (Å²) < 4.78 is 6.78. The molecule has 6 heteroatoms. The number of nitrogens with zero attached hydrogens (tertiary/aromatic N) is 3. The van der Waals surface area contributed by atoms with Crippen LogP contribution in [-0.4, -0.2) is 45.4 Å². The van der Waals surface area contributed by atoms with Crippen LogP contribution < -0.4 is 4.74 Å². The second-order valence-electron chi connectivity index (χ2n) is 6.32. The van der Waals surface area contributed by atoms with Crippen LogP contribution in [0, 0.1) is 0 Å². The molecule has 2 heterocycles. The van der Waals surface area contributed by atoms with Gasteiger partial charge < -0.3 is 14.7 Å². The number of carbonyl (C=O) groups is 1. The van der Waals surface area contributed by atoms with Crippen molar-refractivity contribution in [3.8, 4) is 5.75 Å². The molecule has 1 aliphatic heterocycles. The minimum absolute atomic E-state index is 0.0185. The fourth-order valence-corrected chi connectivity index (χ4v) is 3.39. The van der Waals surface area contributed by atoms with Crippen LogP contribution in [0.15, 0.2) is 42.7 Å². The molecule has 0 radical (unpaired) electrons. The third kappa shape index (κ3) is 3.14. The first-order valence-electron chi connectivity index (χ1n) is 8.16. The van der Waals surface area contributed by atoms with Gasteiger partial charge in [0, 0.05) is 18.9 Å². The molecule has 0 spiro atoms. The normalized spacial score (nSPS) is 20.0. The van der Waals surface area contributed by atoms with Crippen molar-refractivity contribution in [1.82, 2.24) is 14.7 Å². The van der Waals surface area contributed by atoms with Gasteiger partial charge in [-0.3, -0.25) is 9.48 Å². The highest BCUT2D eigenvalue weighted by Crippen LogP contribution is 2.35. The third-order valence-electron chi connectivity index (χ3n) is 4.75. The number of rotatable bonds is 5. The first-order valence-corrected chi connectivity index (χ1v) is 8.16. The van der Waals surface area contributed by atoms with Gasteiger partial charge in [0.2, 0.25) is 5.91 Å². The van der Waals surface area contributed by atoms with Crippen molar-refractivity contribution >= 4 is 5.91 Å². The van der Waals surface area contributed by atoms with Gasteiger partial charge in [-0.05, 0) is 43.5 Å². The second-order valence-corrected chi connectivity index (χ2v) is 6.32. The maximum atomic E-state index is 12.6. The quantitative estimate of drug-likeness (QED) is 0.908. The zero-order chi connectivity index (χ0) is 17.2. The second kappa shape index (κ2) is 6.65. The Morgan fingerprint density at radius 1 is 1.42 bits per heavy atom. The molecule has 2 atom stereocenters. The Balaban J connectivity index is 1.78. The SMILES string of the molecule is COc1ccc([C@](C)(O)[C@H]2CCCN2C(=O)Cn2cccn2)cc1. The number of hydrogen-bond acceptors (Lipinski definition) is 4. The summed E-state index contributed by atoms with van der Waals surface area (Å²) in [4.78, 5) is 14.4. The van der Waals surface area contributed by atoms with Gasteiger partial charge in [-0.1, -0.05) is 12.1 Å². The van der Waals surface area contributed by atoms with E-state index in [9.17, 15) is 9.90 Å². The van der Waals surface area contributed by atoms with E-state index in [2.05, 4.69) is 5.10 Å². The molecule has 1 aromatic carbocycles. The number of methoxy groups -OCH3 is 1. The maximum Gasteiger partial charge on any atom is 0.244 e. The van der Waals surface area contributed by atoms with Gasteiger partial charge in [0.15, 0.2) is 0 Å². The zero-order valence-corrected chi connectivity index (χ0v) is 14.1. The van der Waals surface area contributed by atoms with Gasteiger partial charge in [-0.15, -0.1) is 0 Å². The molecule has 6 nitrogen and oxygen atoms in total. The van der Waals surface area contributed by atoms with E-state index in [1.807, 2.05) is 24.3 Å². The number of likely N-dealkylation sites (tertiary alicyclic amines) is 1. The standard InChI is InChI=1S/C18H23N3O3/c1-18(23,14-6-8-15(24-2)9-7-14)16-5-3-12-21(16)17(22)13-20-11-4-10-19-20/h4,6-11,16,23H,3,5,12-13H2,1-2H3/t16-,18+/m1/s1. The van der Waals surface area contributed by atoms with Gasteiger partial charge in [-0.25, -0.2) is 0 Å². The Kier molecular flexibility index (Phi) is 4.57. The smallest absolute Gasteiger partial charge is 0.244 e. The summed E-state index contributed by atoms with van der Waals surface area (Å²) >= 11 is 0. The number of carbonyl (C=O) groups excluding carboxylic acids is 1. The molecule has 1 aliphatic rings. The van der Waals surface area contributed by atoms with Gasteiger partial charge in [0.1, 0.15) is 17.9 Å². The van der Waals surface area contributed by atoms with E-state index < -0.39 is 5.60 Å². The van der Waals surface area contributed by atoms with Crippen molar-refractivity contribution in [2.45, 2.75) is 38.0 Å². The highest BCUT2D eigenvalue weighted by atomic mass is 16.5. The van der Waals surface area contributed by atoms with Crippen molar-refractivity contribution < 1.29 is 14.6 Å². The van der Waals surface area contributed by atoms with Gasteiger partial charge in [0.05, 0.1) is 13.2 Å². The Morgan fingerprint density at radius 2 is 2.17 bits per heavy atom. The Labute approximate surface area is 141 Å². The number of ether oxygens (including phenoxy) is 1. The summed E-state index contributed by atoms with van der Waals surface area (Å²) in [5.74, 6) is 0.725. The largest absolute Gasteiger partial charge is 0.497 e. The number of aliphatic hydroxyl groups is 1. The zero-order valence-electron chi connectivity index (χ0n) is 14.1. The topological polar surface area (TPSA) is 67.6 Å². The molecule has 1 saturated heterocycles. The summed E-state index contributed by atoms with van der Waals surface area (Å²) in [6, 6.07) is 8.92. The molecule has 2 aromatic rings. The lowest BCUT2D eigenvalue weighted by atomic mass is 9.86. The van der Waals surface area contributed by atoms with E-state index in [4.69, 9.17) is 4.74 Å². The van der Waals surface area contributed by atoms with Crippen molar-refractivity contribution in [2.75, 3.05) is 13.7 Å². The maximum absolute atomic E-state index is 12.6. The Bertz CT molecular complexity index is 680. The number of aromatic nitrogens is 2. The molecule has 0 saturated carbocycles. The Morgan fingerprint density at radius 3 is 2.79 bits per heavy atom. The van der Waals surface area contributed by atoms with Crippen LogP contribution in [0.3, 0.4) is 0 Å². The van der Waals surface area contributed by atoms with E-state index in [1.165, 1.54) is 0 Å². The molecule has 0 bridgehead atoms. The molecular formula is C18H23N3O3. The van der Waals surface area contributed by atoms with Crippen molar-refractivity contribution in [3.63, 3.8) is 0 Å². The number of amides is 1. The van der Waals surface area contributed by atoms with Crippen molar-refractivity contribution in [2.24, 2.45) is 0 Å². The molecule has 0 unspecified atom stereocenters. The molecule has 1 aromatic heterocycles. The van der Waals surface area contributed by atoms with E-state index >= 15 is 0 Å². The fraction of sp³-hybridized carbons (Fsp3) is 0.444. The summed E-state index contributed by atoms with van der Waals surface area (Å²) in [6.07, 6.45) is 5.10. The van der Waals surface area contributed by atoms with E-state index in [1.54, 1.807) is 42.1 Å². The van der Waals surface area contributed by atoms with Crippen LogP contribution in [-0.2, 0) is 16.9 Å². The summed E-state index contributed by atoms with van der Waals surface area (Å²) in [6.45, 7) is 2.64. The van der Waals surface area contributed by atoms with E-state index in [-0.39, 0.29) is 18.5 Å². The van der Waals surface area contributed by atoms with Gasteiger partial charge >= 0.3 is 0 Å². The predicted molar refractivity (Wildman–Crippen MR) is 89.5 cm³/mol. The minimum atomic E-state index is -1.11. The molecule has 1 fully saturated rings.